The first kappa shape index (κ1) is 27.3. The molecule has 34 heavy (non-hydrogen) atoms. The standard InChI is InChI=1S/C14H22O6.C10H18O4/c1-3-17-11(15)13(12(16)18-4-2)5-7-14(8-6-13)19-9-10-20-14;11-7-9(8-12)1-3-10(4-2-9)13-5-6-14-10/h3-10H2,1-2H3;11-12H,1-8H2. The predicted octanol–water partition coefficient (Wildman–Crippen LogP) is 1.69. The fourth-order valence-corrected chi connectivity index (χ4v) is 5.19. The average molecular weight is 489 g/mol. The van der Waals surface area contributed by atoms with Crippen molar-refractivity contribution in [2.75, 3.05) is 52.9 Å². The van der Waals surface area contributed by atoms with E-state index in [1.165, 1.54) is 0 Å². The number of rotatable bonds is 6. The van der Waals surface area contributed by atoms with Crippen LogP contribution in [0.2, 0.25) is 0 Å². The largest absolute Gasteiger partial charge is 0.465 e. The van der Waals surface area contributed by atoms with Crippen LogP contribution in [0.3, 0.4) is 0 Å². The van der Waals surface area contributed by atoms with E-state index in [-0.39, 0.29) is 31.8 Å². The molecule has 10 heteroatoms. The zero-order valence-electron chi connectivity index (χ0n) is 20.5. The maximum atomic E-state index is 12.2. The molecule has 2 saturated carbocycles. The van der Waals surface area contributed by atoms with E-state index in [0.29, 0.717) is 52.1 Å². The Balaban J connectivity index is 0.000000202. The molecule has 0 aromatic rings. The SMILES string of the molecule is CCOC(=O)C1(C(=O)OCC)CCC2(CC1)OCCO2.OCC1(CO)CCC2(CC1)OCCO2. The Hall–Kier alpha value is -1.30. The molecule has 0 aromatic heterocycles. The number of carbonyl (C=O) groups excluding carboxylic acids is 2. The molecule has 2 aliphatic carbocycles. The summed E-state index contributed by atoms with van der Waals surface area (Å²) in [5.41, 5.74) is -1.51. The van der Waals surface area contributed by atoms with Crippen molar-refractivity contribution in [3.63, 3.8) is 0 Å². The van der Waals surface area contributed by atoms with Crippen LogP contribution >= 0.6 is 0 Å². The Kier molecular flexibility index (Phi) is 9.33. The third-order valence-electron chi connectivity index (χ3n) is 7.57. The summed E-state index contributed by atoms with van der Waals surface area (Å²) in [6.07, 6.45) is 4.81. The van der Waals surface area contributed by atoms with Crippen LogP contribution in [0, 0.1) is 10.8 Å². The Bertz CT molecular complexity index is 629. The van der Waals surface area contributed by atoms with Crippen molar-refractivity contribution in [2.45, 2.75) is 76.8 Å². The minimum Gasteiger partial charge on any atom is -0.465 e. The number of carbonyl (C=O) groups is 2. The normalized spacial score (nSPS) is 26.0. The molecule has 196 valence electrons. The zero-order chi connectivity index (χ0) is 24.7. The fraction of sp³-hybridized carbons (Fsp3) is 0.917. The molecule has 0 aromatic carbocycles. The molecule has 0 bridgehead atoms. The van der Waals surface area contributed by atoms with Crippen LogP contribution in [0.4, 0.5) is 0 Å². The summed E-state index contributed by atoms with van der Waals surface area (Å²) < 4.78 is 32.6. The Morgan fingerprint density at radius 1 is 0.647 bits per heavy atom. The van der Waals surface area contributed by atoms with Gasteiger partial charge in [0.05, 0.1) is 52.9 Å². The number of aliphatic hydroxyl groups is 2. The second-order valence-electron chi connectivity index (χ2n) is 9.55. The van der Waals surface area contributed by atoms with Gasteiger partial charge in [0.15, 0.2) is 17.0 Å². The van der Waals surface area contributed by atoms with E-state index in [4.69, 9.17) is 28.4 Å². The predicted molar refractivity (Wildman–Crippen MR) is 119 cm³/mol. The van der Waals surface area contributed by atoms with E-state index < -0.39 is 28.9 Å². The second kappa shape index (κ2) is 11.6. The minimum atomic E-state index is -1.20. The smallest absolute Gasteiger partial charge is 0.323 e. The van der Waals surface area contributed by atoms with E-state index in [2.05, 4.69) is 0 Å². The molecule has 0 atom stereocenters. The highest BCUT2D eigenvalue weighted by molar-refractivity contribution is 6.00. The van der Waals surface area contributed by atoms with Crippen molar-refractivity contribution in [3.05, 3.63) is 0 Å². The molecule has 0 radical (unpaired) electrons. The van der Waals surface area contributed by atoms with Crippen molar-refractivity contribution < 1.29 is 48.2 Å². The summed E-state index contributed by atoms with van der Waals surface area (Å²) in [5.74, 6) is -2.01. The number of ether oxygens (including phenoxy) is 6. The first-order chi connectivity index (χ1) is 16.3. The van der Waals surface area contributed by atoms with Crippen molar-refractivity contribution in [1.82, 2.24) is 0 Å². The van der Waals surface area contributed by atoms with Gasteiger partial charge in [-0.15, -0.1) is 0 Å². The van der Waals surface area contributed by atoms with Gasteiger partial charge in [-0.05, 0) is 39.5 Å². The molecule has 4 aliphatic rings. The van der Waals surface area contributed by atoms with Crippen LogP contribution in [-0.2, 0) is 38.0 Å². The Morgan fingerprint density at radius 2 is 1.00 bits per heavy atom. The van der Waals surface area contributed by atoms with Crippen molar-refractivity contribution in [1.29, 1.82) is 0 Å². The summed E-state index contributed by atoms with van der Waals surface area (Å²) in [4.78, 5) is 24.5. The van der Waals surface area contributed by atoms with Crippen LogP contribution in [-0.4, -0.2) is 86.6 Å². The quantitative estimate of drug-likeness (QED) is 0.421. The highest BCUT2D eigenvalue weighted by Crippen LogP contribution is 2.46. The van der Waals surface area contributed by atoms with Crippen LogP contribution in [0.1, 0.15) is 65.2 Å². The van der Waals surface area contributed by atoms with Gasteiger partial charge in [0.2, 0.25) is 0 Å². The lowest BCUT2D eigenvalue weighted by molar-refractivity contribution is -0.206. The van der Waals surface area contributed by atoms with Gasteiger partial charge < -0.3 is 38.6 Å². The lowest BCUT2D eigenvalue weighted by atomic mass is 9.71. The van der Waals surface area contributed by atoms with Crippen molar-refractivity contribution in [3.8, 4) is 0 Å². The highest BCUT2D eigenvalue weighted by atomic mass is 16.7. The molecule has 10 nitrogen and oxygen atoms in total. The minimum absolute atomic E-state index is 0.0551. The number of aliphatic hydroxyl groups excluding tert-OH is 2. The molecule has 2 aliphatic heterocycles. The van der Waals surface area contributed by atoms with Crippen LogP contribution < -0.4 is 0 Å². The first-order valence-electron chi connectivity index (χ1n) is 12.4. The number of esters is 2. The third-order valence-corrected chi connectivity index (χ3v) is 7.57. The molecule has 2 spiro atoms. The average Bonchev–Trinajstić information content (AvgIpc) is 3.52. The van der Waals surface area contributed by atoms with Gasteiger partial charge in [0, 0.05) is 31.1 Å². The van der Waals surface area contributed by atoms with E-state index in [1.807, 2.05) is 0 Å². The summed E-state index contributed by atoms with van der Waals surface area (Å²) in [6.45, 7) is 6.53. The monoisotopic (exact) mass is 488 g/mol. The van der Waals surface area contributed by atoms with Crippen LogP contribution in [0.25, 0.3) is 0 Å². The molecule has 4 fully saturated rings. The van der Waals surface area contributed by atoms with Crippen molar-refractivity contribution in [2.24, 2.45) is 10.8 Å². The summed E-state index contributed by atoms with van der Waals surface area (Å²) in [6, 6.07) is 0. The Morgan fingerprint density at radius 3 is 1.32 bits per heavy atom. The molecule has 0 unspecified atom stereocenters. The van der Waals surface area contributed by atoms with E-state index >= 15 is 0 Å². The van der Waals surface area contributed by atoms with Crippen LogP contribution in [0.5, 0.6) is 0 Å². The topological polar surface area (TPSA) is 130 Å². The van der Waals surface area contributed by atoms with E-state index in [0.717, 1.165) is 25.7 Å². The van der Waals surface area contributed by atoms with E-state index in [9.17, 15) is 19.8 Å². The molecular formula is C24H40O10. The fourth-order valence-electron chi connectivity index (χ4n) is 5.19. The maximum absolute atomic E-state index is 12.2. The molecule has 0 amide bonds. The number of hydrogen-bond donors (Lipinski definition) is 2. The highest BCUT2D eigenvalue weighted by Gasteiger charge is 2.56. The Labute approximate surface area is 201 Å². The first-order valence-corrected chi connectivity index (χ1v) is 12.4. The number of hydrogen-bond acceptors (Lipinski definition) is 10. The van der Waals surface area contributed by atoms with Crippen molar-refractivity contribution >= 4 is 11.9 Å². The summed E-state index contributed by atoms with van der Waals surface area (Å²) in [7, 11) is 0. The van der Waals surface area contributed by atoms with Gasteiger partial charge >= 0.3 is 11.9 Å². The van der Waals surface area contributed by atoms with Crippen LogP contribution in [0.15, 0.2) is 0 Å². The lowest BCUT2D eigenvalue weighted by Crippen LogP contribution is -2.49. The summed E-state index contributed by atoms with van der Waals surface area (Å²) >= 11 is 0. The zero-order valence-corrected chi connectivity index (χ0v) is 20.5. The summed E-state index contributed by atoms with van der Waals surface area (Å²) in [5, 5.41) is 18.5. The van der Waals surface area contributed by atoms with Gasteiger partial charge in [0.1, 0.15) is 0 Å². The van der Waals surface area contributed by atoms with Gasteiger partial charge in [-0.25, -0.2) is 0 Å². The molecular weight excluding hydrogens is 448 g/mol. The van der Waals surface area contributed by atoms with Gasteiger partial charge in [-0.1, -0.05) is 0 Å². The third kappa shape index (κ3) is 5.74. The van der Waals surface area contributed by atoms with E-state index in [1.54, 1.807) is 13.8 Å². The van der Waals surface area contributed by atoms with Gasteiger partial charge in [-0.3, -0.25) is 9.59 Å². The second-order valence-corrected chi connectivity index (χ2v) is 9.55. The lowest BCUT2D eigenvalue weighted by Gasteiger charge is -2.41. The molecule has 4 rings (SSSR count). The molecule has 2 N–H and O–H groups in total. The molecule has 2 saturated heterocycles. The van der Waals surface area contributed by atoms with Gasteiger partial charge in [-0.2, -0.15) is 0 Å². The maximum Gasteiger partial charge on any atom is 0.323 e. The molecule has 2 heterocycles. The van der Waals surface area contributed by atoms with Gasteiger partial charge in [0.25, 0.3) is 0 Å².